The second-order valence-corrected chi connectivity index (χ2v) is 6.33. The Kier molecular flexibility index (Phi) is 4.37. The van der Waals surface area contributed by atoms with E-state index in [0.29, 0.717) is 11.3 Å². The van der Waals surface area contributed by atoms with Gasteiger partial charge in [-0.05, 0) is 48.9 Å². The van der Waals surface area contributed by atoms with Crippen LogP contribution in [-0.4, -0.2) is 21.4 Å². The highest BCUT2D eigenvalue weighted by Gasteiger charge is 2.17. The lowest BCUT2D eigenvalue weighted by molar-refractivity contribution is 0.100. The third kappa shape index (κ3) is 3.37. The van der Waals surface area contributed by atoms with Crippen LogP contribution in [-0.2, 0) is 10.0 Å². The Balaban J connectivity index is 2.36. The Labute approximate surface area is 129 Å². The molecule has 0 aliphatic carbocycles. The Morgan fingerprint density at radius 3 is 2.50 bits per heavy atom. The van der Waals surface area contributed by atoms with E-state index in [1.54, 1.807) is 31.2 Å². The van der Waals surface area contributed by atoms with Crippen molar-refractivity contribution in [1.82, 2.24) is 0 Å². The molecule has 116 valence electrons. The molecule has 3 N–H and O–H groups in total. The van der Waals surface area contributed by atoms with Crippen LogP contribution in [0.4, 0.5) is 5.69 Å². The highest BCUT2D eigenvalue weighted by atomic mass is 32.2. The first-order valence-corrected chi connectivity index (χ1v) is 7.89. The number of aryl methyl sites for hydroxylation is 1. The van der Waals surface area contributed by atoms with E-state index in [2.05, 4.69) is 4.72 Å². The summed E-state index contributed by atoms with van der Waals surface area (Å²) in [6.45, 7) is 1.68. The van der Waals surface area contributed by atoms with Crippen LogP contribution < -0.4 is 15.2 Å². The van der Waals surface area contributed by atoms with Gasteiger partial charge < -0.3 is 10.5 Å². The van der Waals surface area contributed by atoms with E-state index in [0.717, 1.165) is 0 Å². The van der Waals surface area contributed by atoms with Gasteiger partial charge in [-0.15, -0.1) is 0 Å². The van der Waals surface area contributed by atoms with E-state index in [1.807, 2.05) is 0 Å². The molecule has 0 saturated heterocycles. The van der Waals surface area contributed by atoms with Gasteiger partial charge in [-0.2, -0.15) is 0 Å². The molecule has 0 radical (unpaired) electrons. The number of methoxy groups -OCH3 is 1. The number of ether oxygens (including phenoxy) is 1. The lowest BCUT2D eigenvalue weighted by Gasteiger charge is -2.12. The molecule has 0 heterocycles. The van der Waals surface area contributed by atoms with Crippen LogP contribution in [0, 0.1) is 6.92 Å². The van der Waals surface area contributed by atoms with Crippen molar-refractivity contribution in [3.63, 3.8) is 0 Å². The summed E-state index contributed by atoms with van der Waals surface area (Å²) in [5, 5.41) is 0. The maximum atomic E-state index is 12.4. The van der Waals surface area contributed by atoms with Crippen molar-refractivity contribution in [1.29, 1.82) is 0 Å². The summed E-state index contributed by atoms with van der Waals surface area (Å²) in [7, 11) is -2.26. The molecule has 0 aromatic heterocycles. The molecular formula is C15H16N2O4S. The lowest BCUT2D eigenvalue weighted by atomic mass is 10.2. The van der Waals surface area contributed by atoms with Crippen LogP contribution in [0.15, 0.2) is 47.4 Å². The lowest BCUT2D eigenvalue weighted by Crippen LogP contribution is -2.16. The van der Waals surface area contributed by atoms with Crippen molar-refractivity contribution in [2.45, 2.75) is 11.8 Å². The van der Waals surface area contributed by atoms with Crippen LogP contribution in [0.2, 0.25) is 0 Å². The summed E-state index contributed by atoms with van der Waals surface area (Å²) in [6, 6.07) is 10.7. The number of benzene rings is 2. The van der Waals surface area contributed by atoms with Gasteiger partial charge in [-0.1, -0.05) is 6.07 Å². The number of amides is 1. The number of carbonyl (C=O) groups excluding carboxylic acids is 1. The van der Waals surface area contributed by atoms with E-state index >= 15 is 0 Å². The van der Waals surface area contributed by atoms with Gasteiger partial charge in [0, 0.05) is 11.3 Å². The summed E-state index contributed by atoms with van der Waals surface area (Å²) in [5.41, 5.74) is 6.24. The predicted octanol–water partition coefficient (Wildman–Crippen LogP) is 1.90. The number of sulfonamides is 1. The number of hydrogen-bond acceptors (Lipinski definition) is 4. The number of primary amides is 1. The zero-order valence-electron chi connectivity index (χ0n) is 12.2. The minimum atomic E-state index is -3.77. The first-order valence-electron chi connectivity index (χ1n) is 6.41. The smallest absolute Gasteiger partial charge is 0.262 e. The third-order valence-corrected chi connectivity index (χ3v) is 4.61. The molecule has 0 atom stereocenters. The molecule has 6 nitrogen and oxygen atoms in total. The Bertz CT molecular complexity index is 816. The van der Waals surface area contributed by atoms with Gasteiger partial charge >= 0.3 is 0 Å². The highest BCUT2D eigenvalue weighted by molar-refractivity contribution is 7.92. The fraction of sp³-hybridized carbons (Fsp3) is 0.133. The first-order chi connectivity index (χ1) is 10.3. The molecule has 7 heteroatoms. The van der Waals surface area contributed by atoms with Crippen molar-refractivity contribution in [3.05, 3.63) is 53.6 Å². The van der Waals surface area contributed by atoms with E-state index in [1.165, 1.54) is 25.3 Å². The topological polar surface area (TPSA) is 98.5 Å². The molecule has 0 aliphatic heterocycles. The van der Waals surface area contributed by atoms with Crippen molar-refractivity contribution in [2.24, 2.45) is 5.73 Å². The monoisotopic (exact) mass is 320 g/mol. The van der Waals surface area contributed by atoms with Gasteiger partial charge in [0.15, 0.2) is 0 Å². The molecule has 0 aliphatic rings. The van der Waals surface area contributed by atoms with Gasteiger partial charge in [-0.25, -0.2) is 8.42 Å². The summed E-state index contributed by atoms with van der Waals surface area (Å²) >= 11 is 0. The minimum Gasteiger partial charge on any atom is -0.497 e. The van der Waals surface area contributed by atoms with Crippen LogP contribution in [0.3, 0.4) is 0 Å². The number of hydrogen-bond donors (Lipinski definition) is 2. The Hall–Kier alpha value is -2.54. The fourth-order valence-corrected chi connectivity index (χ4v) is 3.27. The van der Waals surface area contributed by atoms with Crippen LogP contribution in [0.25, 0.3) is 0 Å². The van der Waals surface area contributed by atoms with Crippen molar-refractivity contribution in [2.75, 3.05) is 11.8 Å². The molecule has 2 rings (SSSR count). The van der Waals surface area contributed by atoms with E-state index in [9.17, 15) is 13.2 Å². The average Bonchev–Trinajstić information content (AvgIpc) is 2.46. The van der Waals surface area contributed by atoms with Crippen LogP contribution in [0.1, 0.15) is 15.9 Å². The quantitative estimate of drug-likeness (QED) is 0.879. The molecule has 22 heavy (non-hydrogen) atoms. The van der Waals surface area contributed by atoms with Crippen LogP contribution >= 0.6 is 0 Å². The van der Waals surface area contributed by atoms with Gasteiger partial charge in [0.25, 0.3) is 10.0 Å². The molecule has 0 unspecified atom stereocenters. The minimum absolute atomic E-state index is 0.137. The largest absolute Gasteiger partial charge is 0.497 e. The zero-order chi connectivity index (χ0) is 16.3. The molecule has 2 aromatic carbocycles. The maximum Gasteiger partial charge on any atom is 0.262 e. The number of rotatable bonds is 5. The molecule has 0 spiro atoms. The van der Waals surface area contributed by atoms with Crippen molar-refractivity contribution in [3.8, 4) is 5.75 Å². The maximum absolute atomic E-state index is 12.4. The normalized spacial score (nSPS) is 11.0. The number of carbonyl (C=O) groups is 1. The summed E-state index contributed by atoms with van der Waals surface area (Å²) in [5.74, 6) is -0.0474. The van der Waals surface area contributed by atoms with E-state index in [4.69, 9.17) is 10.5 Å². The molecule has 0 bridgehead atoms. The second-order valence-electron chi connectivity index (χ2n) is 4.68. The van der Waals surface area contributed by atoms with E-state index in [-0.39, 0.29) is 16.1 Å². The summed E-state index contributed by atoms with van der Waals surface area (Å²) in [6.07, 6.45) is 0. The zero-order valence-corrected chi connectivity index (χ0v) is 13.0. The summed E-state index contributed by atoms with van der Waals surface area (Å²) < 4.78 is 32.4. The first kappa shape index (κ1) is 15.8. The fourth-order valence-electron chi connectivity index (χ4n) is 2.00. The van der Waals surface area contributed by atoms with Gasteiger partial charge in [0.05, 0.1) is 12.0 Å². The molecule has 2 aromatic rings. The Morgan fingerprint density at radius 1 is 1.18 bits per heavy atom. The van der Waals surface area contributed by atoms with E-state index < -0.39 is 15.9 Å². The van der Waals surface area contributed by atoms with Crippen molar-refractivity contribution < 1.29 is 17.9 Å². The van der Waals surface area contributed by atoms with Gasteiger partial charge in [-0.3, -0.25) is 9.52 Å². The van der Waals surface area contributed by atoms with Crippen LogP contribution in [0.5, 0.6) is 5.75 Å². The number of anilines is 1. The van der Waals surface area contributed by atoms with Gasteiger partial charge in [0.1, 0.15) is 5.75 Å². The predicted molar refractivity (Wildman–Crippen MR) is 83.5 cm³/mol. The number of nitrogens with one attached hydrogen (secondary N) is 1. The standard InChI is InChI=1S/C15H16N2O4S/c1-10-8-13(21-2)6-7-14(10)22(19,20)17-12-5-3-4-11(9-12)15(16)18/h3-9,17H,1-2H3,(H2,16,18). The Morgan fingerprint density at radius 2 is 1.91 bits per heavy atom. The second kappa shape index (κ2) is 6.07. The number of nitrogens with two attached hydrogens (primary N) is 1. The molecule has 1 amide bonds. The average molecular weight is 320 g/mol. The molecule has 0 saturated carbocycles. The van der Waals surface area contributed by atoms with Gasteiger partial charge in [0.2, 0.25) is 5.91 Å². The highest BCUT2D eigenvalue weighted by Crippen LogP contribution is 2.23. The molecular weight excluding hydrogens is 304 g/mol. The SMILES string of the molecule is COc1ccc(S(=O)(=O)Nc2cccc(C(N)=O)c2)c(C)c1. The molecule has 0 fully saturated rings. The van der Waals surface area contributed by atoms with Crippen molar-refractivity contribution >= 4 is 21.6 Å². The summed E-state index contributed by atoms with van der Waals surface area (Å²) in [4.78, 5) is 11.3. The third-order valence-electron chi connectivity index (χ3n) is 3.07.